The van der Waals surface area contributed by atoms with Crippen LogP contribution in [0.25, 0.3) is 0 Å². The third-order valence-corrected chi connectivity index (χ3v) is 5.09. The number of halogens is 1. The molecule has 6 nitrogen and oxygen atoms in total. The number of hydrogen-bond acceptors (Lipinski definition) is 3. The summed E-state index contributed by atoms with van der Waals surface area (Å²) in [7, 11) is 3.57. The van der Waals surface area contributed by atoms with Gasteiger partial charge < -0.3 is 20.7 Å². The number of methoxy groups -OCH3 is 1. The van der Waals surface area contributed by atoms with Crippen LogP contribution in [0.4, 0.5) is 5.69 Å². The lowest BCUT2D eigenvalue weighted by Crippen LogP contribution is -2.47. The average molecular weight is 488 g/mol. The number of ether oxygens (including phenoxy) is 1. The summed E-state index contributed by atoms with van der Waals surface area (Å²) in [6, 6.07) is 7.94. The number of guanidine groups is 1. The van der Waals surface area contributed by atoms with Crippen LogP contribution in [0.2, 0.25) is 0 Å². The van der Waals surface area contributed by atoms with E-state index in [9.17, 15) is 4.79 Å². The van der Waals surface area contributed by atoms with Crippen LogP contribution in [0.5, 0.6) is 0 Å². The van der Waals surface area contributed by atoms with Gasteiger partial charge in [-0.1, -0.05) is 18.6 Å². The van der Waals surface area contributed by atoms with Crippen LogP contribution in [-0.4, -0.2) is 45.7 Å². The fourth-order valence-corrected chi connectivity index (χ4v) is 3.29. The number of hydrogen-bond donors (Lipinski definition) is 3. The highest BCUT2D eigenvalue weighted by Crippen LogP contribution is 2.43. The third-order valence-electron chi connectivity index (χ3n) is 5.09. The van der Waals surface area contributed by atoms with Gasteiger partial charge in [-0.25, -0.2) is 0 Å². The Labute approximate surface area is 179 Å². The average Bonchev–Trinajstić information content (AvgIpc) is 2.60. The Morgan fingerprint density at radius 2 is 1.93 bits per heavy atom. The van der Waals surface area contributed by atoms with Crippen molar-refractivity contribution in [1.82, 2.24) is 10.6 Å². The molecule has 0 unspecified atom stereocenters. The van der Waals surface area contributed by atoms with E-state index in [0.717, 1.165) is 44.2 Å². The Morgan fingerprint density at radius 1 is 1.22 bits per heavy atom. The van der Waals surface area contributed by atoms with Gasteiger partial charge in [0.2, 0.25) is 5.91 Å². The quantitative estimate of drug-likeness (QED) is 0.284. The molecule has 3 N–H and O–H groups in total. The molecule has 1 aromatic rings. The number of nitrogens with zero attached hydrogens (tertiary/aromatic N) is 1. The van der Waals surface area contributed by atoms with E-state index in [0.29, 0.717) is 5.41 Å². The van der Waals surface area contributed by atoms with Gasteiger partial charge in [-0.3, -0.25) is 9.79 Å². The SMILES string of the molecule is CN=C(NCCc1ccc(NC(C)=O)cc1)NCC1(CCOC)CCC1.I. The van der Waals surface area contributed by atoms with Gasteiger partial charge >= 0.3 is 0 Å². The highest BCUT2D eigenvalue weighted by molar-refractivity contribution is 14.0. The molecule has 1 aliphatic rings. The van der Waals surface area contributed by atoms with E-state index in [1.165, 1.54) is 31.7 Å². The van der Waals surface area contributed by atoms with E-state index < -0.39 is 0 Å². The molecule has 1 aromatic carbocycles. The second-order valence-electron chi connectivity index (χ2n) is 7.08. The lowest BCUT2D eigenvalue weighted by atomic mass is 9.67. The Hall–Kier alpha value is -1.35. The number of nitrogens with one attached hydrogen (secondary N) is 3. The predicted octanol–water partition coefficient (Wildman–Crippen LogP) is 3.18. The van der Waals surface area contributed by atoms with Gasteiger partial charge in [0.1, 0.15) is 0 Å². The summed E-state index contributed by atoms with van der Waals surface area (Å²) in [5.74, 6) is 0.799. The van der Waals surface area contributed by atoms with Gasteiger partial charge in [0, 0.05) is 46.5 Å². The second-order valence-corrected chi connectivity index (χ2v) is 7.08. The Balaban J connectivity index is 0.00000364. The number of carbonyl (C=O) groups excluding carboxylic acids is 1. The normalized spacial score (nSPS) is 15.3. The van der Waals surface area contributed by atoms with Crippen LogP contribution in [0, 0.1) is 5.41 Å². The van der Waals surface area contributed by atoms with Crippen molar-refractivity contribution in [2.75, 3.05) is 39.2 Å². The standard InChI is InChI=1S/C20H32N4O2.HI/c1-16(25)24-18-7-5-17(6-8-18)9-13-22-19(21-2)23-15-20(10-4-11-20)12-14-26-3;/h5-8H,4,9-15H2,1-3H3,(H,24,25)(H2,21,22,23);1H. The van der Waals surface area contributed by atoms with Crippen LogP contribution in [0.1, 0.15) is 38.2 Å². The predicted molar refractivity (Wildman–Crippen MR) is 122 cm³/mol. The third kappa shape index (κ3) is 8.04. The fraction of sp³-hybridized carbons (Fsp3) is 0.600. The monoisotopic (exact) mass is 488 g/mol. The lowest BCUT2D eigenvalue weighted by molar-refractivity contribution is -0.114. The second kappa shape index (κ2) is 12.2. The molecule has 27 heavy (non-hydrogen) atoms. The zero-order valence-electron chi connectivity index (χ0n) is 16.6. The van der Waals surface area contributed by atoms with Crippen LogP contribution in [-0.2, 0) is 16.0 Å². The van der Waals surface area contributed by atoms with Gasteiger partial charge in [0.05, 0.1) is 0 Å². The number of aliphatic imine (C=N–C) groups is 1. The van der Waals surface area contributed by atoms with E-state index in [1.807, 2.05) is 24.3 Å². The minimum atomic E-state index is -0.0518. The molecule has 1 amide bonds. The maximum Gasteiger partial charge on any atom is 0.221 e. The molecular formula is C20H33IN4O2. The zero-order chi connectivity index (χ0) is 18.8. The van der Waals surface area contributed by atoms with Crippen LogP contribution in [0.15, 0.2) is 29.3 Å². The number of rotatable bonds is 9. The Morgan fingerprint density at radius 3 is 2.44 bits per heavy atom. The molecule has 0 saturated heterocycles. The van der Waals surface area contributed by atoms with Crippen molar-refractivity contribution in [2.24, 2.45) is 10.4 Å². The van der Waals surface area contributed by atoms with Crippen LogP contribution >= 0.6 is 24.0 Å². The Kier molecular flexibility index (Phi) is 10.7. The van der Waals surface area contributed by atoms with Crippen LogP contribution < -0.4 is 16.0 Å². The van der Waals surface area contributed by atoms with Gasteiger partial charge in [0.15, 0.2) is 5.96 Å². The summed E-state index contributed by atoms with van der Waals surface area (Å²) in [6.45, 7) is 4.09. The van der Waals surface area contributed by atoms with Crippen LogP contribution in [0.3, 0.4) is 0 Å². The summed E-state index contributed by atoms with van der Waals surface area (Å²) in [5, 5.41) is 9.63. The van der Waals surface area contributed by atoms with E-state index in [2.05, 4.69) is 20.9 Å². The molecular weight excluding hydrogens is 455 g/mol. The van der Waals surface area contributed by atoms with Crippen molar-refractivity contribution in [1.29, 1.82) is 0 Å². The van der Waals surface area contributed by atoms with Crippen molar-refractivity contribution in [3.05, 3.63) is 29.8 Å². The maximum atomic E-state index is 11.0. The topological polar surface area (TPSA) is 74.8 Å². The van der Waals surface area contributed by atoms with E-state index >= 15 is 0 Å². The minimum Gasteiger partial charge on any atom is -0.385 e. The Bertz CT molecular complexity index is 601. The largest absolute Gasteiger partial charge is 0.385 e. The summed E-state index contributed by atoms with van der Waals surface area (Å²) in [4.78, 5) is 15.4. The molecule has 0 spiro atoms. The number of carbonyl (C=O) groups is 1. The lowest BCUT2D eigenvalue weighted by Gasteiger charge is -2.42. The van der Waals surface area contributed by atoms with Crippen molar-refractivity contribution >= 4 is 41.5 Å². The molecule has 0 atom stereocenters. The highest BCUT2D eigenvalue weighted by atomic mass is 127. The molecule has 1 aliphatic carbocycles. The van der Waals surface area contributed by atoms with E-state index in [1.54, 1.807) is 14.2 Å². The first-order chi connectivity index (χ1) is 12.6. The summed E-state index contributed by atoms with van der Waals surface area (Å²) < 4.78 is 5.25. The molecule has 0 bridgehead atoms. The maximum absolute atomic E-state index is 11.0. The smallest absolute Gasteiger partial charge is 0.221 e. The molecule has 7 heteroatoms. The highest BCUT2D eigenvalue weighted by Gasteiger charge is 2.36. The van der Waals surface area contributed by atoms with E-state index in [4.69, 9.17) is 4.74 Å². The van der Waals surface area contributed by atoms with Gasteiger partial charge in [0.25, 0.3) is 0 Å². The summed E-state index contributed by atoms with van der Waals surface area (Å²) in [6.07, 6.45) is 5.85. The van der Waals surface area contributed by atoms with Crippen molar-refractivity contribution in [2.45, 2.75) is 39.0 Å². The van der Waals surface area contributed by atoms with Gasteiger partial charge in [-0.15, -0.1) is 24.0 Å². The summed E-state index contributed by atoms with van der Waals surface area (Å²) in [5.41, 5.74) is 2.42. The van der Waals surface area contributed by atoms with Gasteiger partial charge in [-0.2, -0.15) is 0 Å². The molecule has 1 fully saturated rings. The van der Waals surface area contributed by atoms with E-state index in [-0.39, 0.29) is 29.9 Å². The first-order valence-electron chi connectivity index (χ1n) is 9.37. The number of anilines is 1. The van der Waals surface area contributed by atoms with Crippen molar-refractivity contribution in [3.63, 3.8) is 0 Å². The molecule has 152 valence electrons. The molecule has 0 aliphatic heterocycles. The number of benzene rings is 1. The minimum absolute atomic E-state index is 0. The zero-order valence-corrected chi connectivity index (χ0v) is 19.0. The first-order valence-corrected chi connectivity index (χ1v) is 9.37. The van der Waals surface area contributed by atoms with Gasteiger partial charge in [-0.05, 0) is 48.8 Å². The fourth-order valence-electron chi connectivity index (χ4n) is 3.29. The van der Waals surface area contributed by atoms with Crippen molar-refractivity contribution < 1.29 is 9.53 Å². The first kappa shape index (κ1) is 23.7. The molecule has 2 rings (SSSR count). The molecule has 0 aromatic heterocycles. The van der Waals surface area contributed by atoms with Crippen molar-refractivity contribution in [3.8, 4) is 0 Å². The number of amides is 1. The molecule has 1 saturated carbocycles. The molecule has 0 heterocycles. The molecule has 0 radical (unpaired) electrons. The summed E-state index contributed by atoms with van der Waals surface area (Å²) >= 11 is 0.